The molecule has 1 amide bonds. The van der Waals surface area contributed by atoms with E-state index in [1.54, 1.807) is 12.1 Å². The lowest BCUT2D eigenvalue weighted by molar-refractivity contribution is 0.0729. The first kappa shape index (κ1) is 23.7. The Labute approximate surface area is 195 Å². The summed E-state index contributed by atoms with van der Waals surface area (Å²) in [7, 11) is -2.35. The lowest BCUT2D eigenvalue weighted by Gasteiger charge is -2.27. The van der Waals surface area contributed by atoms with Crippen molar-refractivity contribution in [3.63, 3.8) is 0 Å². The molecule has 2 heterocycles. The fourth-order valence-corrected chi connectivity index (χ4v) is 5.81. The number of nitrogens with one attached hydrogen (secondary N) is 1. The molecule has 0 spiro atoms. The van der Waals surface area contributed by atoms with Crippen LogP contribution in [0.5, 0.6) is 5.75 Å². The summed E-state index contributed by atoms with van der Waals surface area (Å²) in [6, 6.07) is 12.2. The number of ether oxygens (including phenoxy) is 2. The lowest BCUT2D eigenvalue weighted by Crippen LogP contribution is -2.40. The monoisotopic (exact) mass is 473 g/mol. The highest BCUT2D eigenvalue weighted by Gasteiger charge is 2.29. The van der Waals surface area contributed by atoms with Gasteiger partial charge in [-0.05, 0) is 61.8 Å². The van der Waals surface area contributed by atoms with Gasteiger partial charge in [-0.2, -0.15) is 4.31 Å². The molecule has 0 aromatic heterocycles. The van der Waals surface area contributed by atoms with Gasteiger partial charge in [0.1, 0.15) is 10.6 Å². The summed E-state index contributed by atoms with van der Waals surface area (Å²) in [5, 5.41) is 2.81. The molecule has 2 aliphatic heterocycles. The van der Waals surface area contributed by atoms with Gasteiger partial charge in [0, 0.05) is 30.9 Å². The van der Waals surface area contributed by atoms with Crippen LogP contribution in [-0.2, 0) is 21.3 Å². The molecule has 2 saturated heterocycles. The van der Waals surface area contributed by atoms with Gasteiger partial charge in [0.15, 0.2) is 0 Å². The highest BCUT2D eigenvalue weighted by molar-refractivity contribution is 7.89. The minimum absolute atomic E-state index is 0.0292. The highest BCUT2D eigenvalue weighted by Crippen LogP contribution is 2.30. The number of piperidine rings is 1. The van der Waals surface area contributed by atoms with Gasteiger partial charge in [-0.15, -0.1) is 0 Å². The maximum Gasteiger partial charge on any atom is 0.255 e. The van der Waals surface area contributed by atoms with Crippen molar-refractivity contribution in [1.82, 2.24) is 9.21 Å². The van der Waals surface area contributed by atoms with E-state index in [1.807, 2.05) is 24.3 Å². The molecule has 4 rings (SSSR count). The number of rotatable bonds is 7. The second-order valence-electron chi connectivity index (χ2n) is 8.37. The molecule has 2 aromatic rings. The molecule has 178 valence electrons. The van der Waals surface area contributed by atoms with E-state index in [2.05, 4.69) is 10.2 Å². The van der Waals surface area contributed by atoms with Crippen LogP contribution in [0, 0.1) is 0 Å². The lowest BCUT2D eigenvalue weighted by atomic mass is 10.1. The Bertz CT molecular complexity index is 1060. The van der Waals surface area contributed by atoms with Crippen molar-refractivity contribution in [2.45, 2.75) is 30.7 Å². The second-order valence-corrected chi connectivity index (χ2v) is 10.3. The third-order valence-electron chi connectivity index (χ3n) is 6.08. The van der Waals surface area contributed by atoms with Gasteiger partial charge < -0.3 is 14.8 Å². The minimum Gasteiger partial charge on any atom is -0.495 e. The molecule has 2 fully saturated rings. The molecule has 0 unspecified atom stereocenters. The van der Waals surface area contributed by atoms with Gasteiger partial charge in [-0.3, -0.25) is 9.69 Å². The van der Waals surface area contributed by atoms with Crippen molar-refractivity contribution in [1.29, 1.82) is 0 Å². The van der Waals surface area contributed by atoms with E-state index in [9.17, 15) is 13.2 Å². The van der Waals surface area contributed by atoms with E-state index in [0.717, 1.165) is 19.6 Å². The number of carbonyl (C=O) groups excluding carboxylic acids is 1. The number of anilines is 1. The van der Waals surface area contributed by atoms with Gasteiger partial charge in [0.05, 0.1) is 20.3 Å². The first-order valence-corrected chi connectivity index (χ1v) is 12.8. The maximum atomic E-state index is 13.1. The standard InChI is InChI=1S/C24H31N3O5S/c1-31-22-10-9-21(17-23(22)33(29,30)27-13-15-32-16-14-27)25-24(28)20-7-5-19(6-8-20)18-26-11-3-2-4-12-26/h5-10,17H,2-4,11-16,18H2,1H3,(H,25,28). The Hall–Kier alpha value is -2.46. The number of benzene rings is 2. The van der Waals surface area contributed by atoms with Crippen LogP contribution < -0.4 is 10.1 Å². The first-order valence-electron chi connectivity index (χ1n) is 11.4. The summed E-state index contributed by atoms with van der Waals surface area (Å²) in [6.45, 7) is 4.41. The van der Waals surface area contributed by atoms with Crippen LogP contribution in [0.3, 0.4) is 0 Å². The minimum atomic E-state index is -3.78. The predicted octanol–water partition coefficient (Wildman–Crippen LogP) is 2.95. The SMILES string of the molecule is COc1ccc(NC(=O)c2ccc(CN3CCCCC3)cc2)cc1S(=O)(=O)N1CCOCC1. The van der Waals surface area contributed by atoms with E-state index in [-0.39, 0.29) is 29.6 Å². The average molecular weight is 474 g/mol. The topological polar surface area (TPSA) is 88.2 Å². The number of likely N-dealkylation sites (tertiary alicyclic amines) is 1. The molecule has 0 bridgehead atoms. The predicted molar refractivity (Wildman–Crippen MR) is 126 cm³/mol. The van der Waals surface area contributed by atoms with Crippen LogP contribution in [0.25, 0.3) is 0 Å². The molecular weight excluding hydrogens is 442 g/mol. The van der Waals surface area contributed by atoms with Crippen LogP contribution in [0.4, 0.5) is 5.69 Å². The Morgan fingerprint density at radius 3 is 2.36 bits per heavy atom. The molecule has 1 N–H and O–H groups in total. The summed E-state index contributed by atoms with van der Waals surface area (Å²) in [5.41, 5.74) is 2.09. The molecule has 2 aromatic carbocycles. The molecule has 9 heteroatoms. The number of carbonyl (C=O) groups is 1. The van der Waals surface area contributed by atoms with E-state index in [4.69, 9.17) is 9.47 Å². The molecule has 0 aliphatic carbocycles. The van der Waals surface area contributed by atoms with E-state index < -0.39 is 10.0 Å². The molecule has 0 atom stereocenters. The number of hydrogen-bond acceptors (Lipinski definition) is 6. The second kappa shape index (κ2) is 10.6. The van der Waals surface area contributed by atoms with Crippen molar-refractivity contribution in [2.75, 3.05) is 51.8 Å². The smallest absolute Gasteiger partial charge is 0.255 e. The molecule has 8 nitrogen and oxygen atoms in total. The van der Waals surface area contributed by atoms with Gasteiger partial charge in [-0.25, -0.2) is 8.42 Å². The summed E-state index contributed by atoms with van der Waals surface area (Å²) in [5.74, 6) is -0.0547. The van der Waals surface area contributed by atoms with Gasteiger partial charge >= 0.3 is 0 Å². The Morgan fingerprint density at radius 2 is 1.70 bits per heavy atom. The number of sulfonamides is 1. The Balaban J connectivity index is 1.47. The van der Waals surface area contributed by atoms with Crippen LogP contribution in [0.2, 0.25) is 0 Å². The first-order chi connectivity index (χ1) is 16.0. The molecule has 0 saturated carbocycles. The molecule has 0 radical (unpaired) electrons. The van der Waals surface area contributed by atoms with Crippen LogP contribution in [0.1, 0.15) is 35.2 Å². The summed E-state index contributed by atoms with van der Waals surface area (Å²) >= 11 is 0. The van der Waals surface area contributed by atoms with Crippen LogP contribution in [-0.4, -0.2) is 70.0 Å². The number of methoxy groups -OCH3 is 1. The highest BCUT2D eigenvalue weighted by atomic mass is 32.2. The fraction of sp³-hybridized carbons (Fsp3) is 0.458. The van der Waals surface area contributed by atoms with Crippen molar-refractivity contribution in [3.05, 3.63) is 53.6 Å². The van der Waals surface area contributed by atoms with Crippen LogP contribution in [0.15, 0.2) is 47.4 Å². The quantitative estimate of drug-likeness (QED) is 0.665. The van der Waals surface area contributed by atoms with Crippen molar-refractivity contribution < 1.29 is 22.7 Å². The third-order valence-corrected chi connectivity index (χ3v) is 8.00. The summed E-state index contributed by atoms with van der Waals surface area (Å²) in [4.78, 5) is 15.3. The zero-order valence-electron chi connectivity index (χ0n) is 19.0. The van der Waals surface area contributed by atoms with E-state index >= 15 is 0 Å². The number of hydrogen-bond donors (Lipinski definition) is 1. The van der Waals surface area contributed by atoms with Crippen molar-refractivity contribution in [2.24, 2.45) is 0 Å². The van der Waals surface area contributed by atoms with Crippen LogP contribution >= 0.6 is 0 Å². The van der Waals surface area contributed by atoms with Crippen molar-refractivity contribution >= 4 is 21.6 Å². The number of morpholine rings is 1. The van der Waals surface area contributed by atoms with Crippen molar-refractivity contribution in [3.8, 4) is 5.75 Å². The van der Waals surface area contributed by atoms with E-state index in [1.165, 1.54) is 42.3 Å². The molecule has 2 aliphatic rings. The summed E-state index contributed by atoms with van der Waals surface area (Å²) in [6.07, 6.45) is 3.79. The van der Waals surface area contributed by atoms with Gasteiger partial charge in [0.25, 0.3) is 5.91 Å². The number of nitrogens with zero attached hydrogens (tertiary/aromatic N) is 2. The molecular formula is C24H31N3O5S. The molecule has 33 heavy (non-hydrogen) atoms. The Morgan fingerprint density at radius 1 is 1.00 bits per heavy atom. The average Bonchev–Trinajstić information content (AvgIpc) is 2.85. The summed E-state index contributed by atoms with van der Waals surface area (Å²) < 4.78 is 38.2. The number of amides is 1. The van der Waals surface area contributed by atoms with E-state index in [0.29, 0.717) is 24.5 Å². The fourth-order valence-electron chi connectivity index (χ4n) is 4.22. The van der Waals surface area contributed by atoms with Gasteiger partial charge in [0.2, 0.25) is 10.0 Å². The Kier molecular flexibility index (Phi) is 7.64. The maximum absolute atomic E-state index is 13.1. The normalized spacial score (nSPS) is 18.1. The zero-order chi connectivity index (χ0) is 23.3. The third kappa shape index (κ3) is 5.73. The zero-order valence-corrected chi connectivity index (χ0v) is 19.8. The largest absolute Gasteiger partial charge is 0.495 e. The van der Waals surface area contributed by atoms with Gasteiger partial charge in [-0.1, -0.05) is 18.6 Å².